The largest absolute Gasteiger partial charge is 0.507 e. The molecule has 11 heteroatoms. The summed E-state index contributed by atoms with van der Waals surface area (Å²) < 4.78 is 19.2. The molecule has 0 saturated carbocycles. The fourth-order valence-electron chi connectivity index (χ4n) is 7.98. The van der Waals surface area contributed by atoms with Crippen molar-refractivity contribution in [1.82, 2.24) is 10.6 Å². The molecule has 0 spiro atoms. The maximum atomic E-state index is 14.9. The first-order valence-electron chi connectivity index (χ1n) is 17.7. The molecule has 3 aliphatic rings. The smallest absolute Gasteiger partial charge is 0.202 e. The minimum atomic E-state index is -0.798. The van der Waals surface area contributed by atoms with E-state index in [4.69, 9.17) is 13.9 Å². The summed E-state index contributed by atoms with van der Waals surface area (Å²) in [5, 5.41) is 40.6. The van der Waals surface area contributed by atoms with Crippen molar-refractivity contribution < 1.29 is 38.8 Å². The summed E-state index contributed by atoms with van der Waals surface area (Å²) in [5.41, 5.74) is 1.46. The number of aliphatic hydroxyl groups excluding tert-OH is 2. The average Bonchev–Trinajstić information content (AvgIpc) is 3.12. The van der Waals surface area contributed by atoms with Crippen molar-refractivity contribution in [3.8, 4) is 5.75 Å². The van der Waals surface area contributed by atoms with Crippen molar-refractivity contribution in [3.63, 3.8) is 0 Å². The minimum Gasteiger partial charge on any atom is -0.507 e. The van der Waals surface area contributed by atoms with Gasteiger partial charge in [-0.15, -0.1) is 0 Å². The number of aryl methyl sites for hydroxylation is 1. The van der Waals surface area contributed by atoms with Crippen molar-refractivity contribution in [1.29, 1.82) is 0 Å². The molecular weight excluding hydrogens is 640 g/mol. The molecular formula is C39H48N2O9. The van der Waals surface area contributed by atoms with E-state index in [9.17, 15) is 29.7 Å². The quantitative estimate of drug-likeness (QED) is 0.175. The van der Waals surface area contributed by atoms with Gasteiger partial charge in [0.15, 0.2) is 16.8 Å². The van der Waals surface area contributed by atoms with Gasteiger partial charge in [0.1, 0.15) is 11.5 Å². The highest BCUT2D eigenvalue weighted by Crippen LogP contribution is 2.48. The number of fused-ring (bicyclic) bond motifs is 4. The standard InChI is InChI=1S/C39H48N2O9/c1-8-17(5)27-16-24(42)30-18(9-2)12-21-32(39(30)50-27)38(47)33-31(35(21)44)19(28-14-22(40-6)36(45)25(10-3)48-28)13-20(34(33)43)29-15-23(41-7)37(46)26(11-4)49-29/h8,12-13,16,22-23,25-26,28-29,36-37,40-41,43,45-46H,9-11,14-15H2,1-7H3. The maximum Gasteiger partial charge on any atom is 0.202 e. The van der Waals surface area contributed by atoms with Crippen LogP contribution in [-0.4, -0.2) is 77.5 Å². The Kier molecular flexibility index (Phi) is 10.2. The predicted molar refractivity (Wildman–Crippen MR) is 189 cm³/mol. The number of carbonyl (C=O) groups excluding carboxylic acids is 2. The number of hydrogen-bond donors (Lipinski definition) is 5. The SMILES string of the molecule is CC=C(C)c1cc(=O)c2c(CC)cc3c(c2o1)C(=O)c1c(O)c(C2CC(NC)C(O)C(CC)O2)cc(C2CC(NC)C(O)C(CC)O2)c1C3=O. The Hall–Kier alpha value is -3.71. The van der Waals surface area contributed by atoms with Crippen LogP contribution in [-0.2, 0) is 15.9 Å². The van der Waals surface area contributed by atoms with Gasteiger partial charge in [-0.3, -0.25) is 14.4 Å². The molecule has 8 atom stereocenters. The minimum absolute atomic E-state index is 0.00932. The number of ether oxygens (including phenoxy) is 2. The van der Waals surface area contributed by atoms with E-state index in [-0.39, 0.29) is 62.9 Å². The molecule has 3 aromatic rings. The molecule has 268 valence electrons. The Morgan fingerprint density at radius 1 is 0.840 bits per heavy atom. The normalized spacial score (nSPS) is 28.5. The zero-order valence-corrected chi connectivity index (χ0v) is 29.8. The Balaban J connectivity index is 1.65. The van der Waals surface area contributed by atoms with Crippen LogP contribution in [0.15, 0.2) is 33.5 Å². The number of nitrogens with one attached hydrogen (secondary N) is 2. The molecule has 2 fully saturated rings. The van der Waals surface area contributed by atoms with Crippen LogP contribution in [0.4, 0.5) is 0 Å². The van der Waals surface area contributed by atoms with Crippen molar-refractivity contribution in [2.75, 3.05) is 14.1 Å². The Labute approximate surface area is 291 Å². The topological polar surface area (TPSA) is 168 Å². The number of ketones is 2. The lowest BCUT2D eigenvalue weighted by molar-refractivity contribution is -0.136. The number of rotatable bonds is 8. The van der Waals surface area contributed by atoms with E-state index in [1.165, 1.54) is 6.07 Å². The molecule has 1 aromatic heterocycles. The number of aromatic hydroxyl groups is 1. The summed E-state index contributed by atoms with van der Waals surface area (Å²) in [6.07, 6.45) is -0.398. The first-order chi connectivity index (χ1) is 23.9. The lowest BCUT2D eigenvalue weighted by atomic mass is 9.75. The van der Waals surface area contributed by atoms with Crippen molar-refractivity contribution in [2.24, 2.45) is 0 Å². The summed E-state index contributed by atoms with van der Waals surface area (Å²) in [4.78, 5) is 43.4. The van der Waals surface area contributed by atoms with Gasteiger partial charge >= 0.3 is 0 Å². The van der Waals surface area contributed by atoms with Crippen LogP contribution in [0.2, 0.25) is 0 Å². The van der Waals surface area contributed by atoms with E-state index in [2.05, 4.69) is 10.6 Å². The van der Waals surface area contributed by atoms with Crippen LogP contribution in [0.5, 0.6) is 5.75 Å². The molecule has 11 nitrogen and oxygen atoms in total. The van der Waals surface area contributed by atoms with Crippen LogP contribution >= 0.6 is 0 Å². The van der Waals surface area contributed by atoms with E-state index in [0.717, 1.165) is 0 Å². The number of likely N-dealkylation sites (N-methyl/N-ethyl adjacent to an activating group) is 2. The molecule has 5 N–H and O–H groups in total. The summed E-state index contributed by atoms with van der Waals surface area (Å²) in [6.45, 7) is 9.28. The summed E-state index contributed by atoms with van der Waals surface area (Å²) >= 11 is 0. The van der Waals surface area contributed by atoms with Crippen LogP contribution < -0.4 is 16.1 Å². The molecule has 8 unspecified atom stereocenters. The van der Waals surface area contributed by atoms with Gasteiger partial charge in [0.05, 0.1) is 53.1 Å². The zero-order chi connectivity index (χ0) is 36.2. The third kappa shape index (κ3) is 5.74. The van der Waals surface area contributed by atoms with E-state index >= 15 is 0 Å². The van der Waals surface area contributed by atoms with Gasteiger partial charge in [0.25, 0.3) is 0 Å². The Morgan fingerprint density at radius 3 is 1.94 bits per heavy atom. The van der Waals surface area contributed by atoms with Crippen LogP contribution in [0.1, 0.15) is 127 Å². The fraction of sp³-hybridized carbons (Fsp3) is 0.513. The molecule has 0 amide bonds. The molecule has 2 saturated heterocycles. The van der Waals surface area contributed by atoms with Crippen molar-refractivity contribution in [2.45, 2.75) is 115 Å². The van der Waals surface area contributed by atoms with Gasteiger partial charge < -0.3 is 39.8 Å². The third-order valence-corrected chi connectivity index (χ3v) is 11.0. The van der Waals surface area contributed by atoms with Crippen LogP contribution in [0.25, 0.3) is 16.5 Å². The lowest BCUT2D eigenvalue weighted by Crippen LogP contribution is -2.51. The lowest BCUT2D eigenvalue weighted by Gasteiger charge is -2.42. The summed E-state index contributed by atoms with van der Waals surface area (Å²) in [5.74, 6) is -1.27. The molecule has 3 heterocycles. The highest BCUT2D eigenvalue weighted by Gasteiger charge is 2.45. The van der Waals surface area contributed by atoms with Crippen molar-refractivity contribution >= 4 is 28.1 Å². The maximum absolute atomic E-state index is 14.9. The fourth-order valence-corrected chi connectivity index (χ4v) is 7.98. The number of phenols is 1. The van der Waals surface area contributed by atoms with E-state index < -0.39 is 53.9 Å². The molecule has 0 bridgehead atoms. The number of phenolic OH excluding ortho intramolecular Hbond substituents is 1. The van der Waals surface area contributed by atoms with E-state index in [1.807, 2.05) is 27.7 Å². The monoisotopic (exact) mass is 688 g/mol. The van der Waals surface area contributed by atoms with Gasteiger partial charge in [-0.25, -0.2) is 0 Å². The number of hydrogen-bond acceptors (Lipinski definition) is 11. The molecule has 6 rings (SSSR count). The predicted octanol–water partition coefficient (Wildman–Crippen LogP) is 4.64. The molecule has 1 aliphatic carbocycles. The highest BCUT2D eigenvalue weighted by molar-refractivity contribution is 6.33. The number of allylic oxidation sites excluding steroid dienone is 2. The molecule has 2 aromatic carbocycles. The summed E-state index contributed by atoms with van der Waals surface area (Å²) in [7, 11) is 3.50. The third-order valence-electron chi connectivity index (χ3n) is 11.0. The number of benzene rings is 2. The second-order valence-electron chi connectivity index (χ2n) is 13.7. The summed E-state index contributed by atoms with van der Waals surface area (Å²) in [6, 6.07) is 3.96. The van der Waals surface area contributed by atoms with Gasteiger partial charge in [0, 0.05) is 34.8 Å². The highest BCUT2D eigenvalue weighted by atomic mass is 16.5. The number of aliphatic hydroxyl groups is 2. The van der Waals surface area contributed by atoms with Gasteiger partial charge in [0.2, 0.25) is 5.78 Å². The van der Waals surface area contributed by atoms with Gasteiger partial charge in [-0.2, -0.15) is 0 Å². The second-order valence-corrected chi connectivity index (χ2v) is 13.7. The molecule has 2 aliphatic heterocycles. The molecule has 50 heavy (non-hydrogen) atoms. The van der Waals surface area contributed by atoms with Crippen LogP contribution in [0, 0.1) is 0 Å². The molecule has 0 radical (unpaired) electrons. The Bertz CT molecular complexity index is 1900. The van der Waals surface area contributed by atoms with Gasteiger partial charge in [-0.05, 0) is 88.9 Å². The Morgan fingerprint density at radius 2 is 1.42 bits per heavy atom. The zero-order valence-electron chi connectivity index (χ0n) is 29.8. The van der Waals surface area contributed by atoms with E-state index in [0.29, 0.717) is 47.9 Å². The average molecular weight is 689 g/mol. The first-order valence-corrected chi connectivity index (χ1v) is 17.7. The van der Waals surface area contributed by atoms with Crippen molar-refractivity contribution in [3.05, 3.63) is 79.2 Å². The van der Waals surface area contributed by atoms with Gasteiger partial charge in [-0.1, -0.05) is 26.8 Å². The van der Waals surface area contributed by atoms with Crippen LogP contribution in [0.3, 0.4) is 0 Å². The second kappa shape index (κ2) is 14.1. The first kappa shape index (κ1) is 36.1. The number of carbonyl (C=O) groups is 2. The van der Waals surface area contributed by atoms with E-state index in [1.54, 1.807) is 39.2 Å².